The lowest BCUT2D eigenvalue weighted by molar-refractivity contribution is 0.0398. The molecule has 3 heterocycles. The van der Waals surface area contributed by atoms with Crippen LogP contribution < -0.4 is 11.1 Å². The Hall–Kier alpha value is -1.44. The number of nitrogen functional groups attached to an aromatic ring is 1. The summed E-state index contributed by atoms with van der Waals surface area (Å²) in [6.45, 7) is 7.00. The van der Waals surface area contributed by atoms with E-state index in [9.17, 15) is 0 Å². The fraction of sp³-hybridized carbons (Fsp3) is 0.714. The van der Waals surface area contributed by atoms with Gasteiger partial charge >= 0.3 is 0 Å². The Labute approximate surface area is 124 Å². The highest BCUT2D eigenvalue weighted by molar-refractivity contribution is 5.41. The van der Waals surface area contributed by atoms with E-state index in [1.165, 1.54) is 0 Å². The van der Waals surface area contributed by atoms with Crippen LogP contribution in [-0.4, -0.2) is 67.5 Å². The van der Waals surface area contributed by atoms with Gasteiger partial charge in [0.05, 0.1) is 25.5 Å². The van der Waals surface area contributed by atoms with E-state index in [4.69, 9.17) is 15.2 Å². The fourth-order valence-electron chi connectivity index (χ4n) is 2.72. The summed E-state index contributed by atoms with van der Waals surface area (Å²) in [5, 5.41) is 3.34. The molecule has 2 saturated heterocycles. The zero-order valence-corrected chi connectivity index (χ0v) is 12.3. The Balaban J connectivity index is 1.54. The molecule has 0 bridgehead atoms. The van der Waals surface area contributed by atoms with Crippen LogP contribution >= 0.6 is 0 Å². The number of rotatable bonds is 5. The number of nitrogens with zero attached hydrogens (tertiary/aromatic N) is 3. The number of nitrogens with two attached hydrogens (primary N) is 1. The summed E-state index contributed by atoms with van der Waals surface area (Å²) in [7, 11) is 0. The lowest BCUT2D eigenvalue weighted by Crippen LogP contribution is -2.39. The third kappa shape index (κ3) is 4.03. The number of morpholine rings is 1. The summed E-state index contributed by atoms with van der Waals surface area (Å²) in [5.41, 5.74) is 6.79. The predicted octanol–water partition coefficient (Wildman–Crippen LogP) is 0.307. The standard InChI is InChI=1S/C14H23N5O2/c15-14-17-12(11-1-6-21-10-11)9-13(18-14)16-2-3-19-4-7-20-8-5-19/h9,11H,1-8,10H2,(H3,15,16,17,18). The van der Waals surface area contributed by atoms with Gasteiger partial charge in [-0.05, 0) is 6.42 Å². The largest absolute Gasteiger partial charge is 0.381 e. The topological polar surface area (TPSA) is 85.5 Å². The Morgan fingerprint density at radius 3 is 2.86 bits per heavy atom. The van der Waals surface area contributed by atoms with Gasteiger partial charge < -0.3 is 20.5 Å². The third-order valence-corrected chi connectivity index (χ3v) is 3.95. The van der Waals surface area contributed by atoms with E-state index in [0.717, 1.165) is 70.5 Å². The maximum Gasteiger partial charge on any atom is 0.222 e. The number of nitrogens with one attached hydrogen (secondary N) is 1. The summed E-state index contributed by atoms with van der Waals surface area (Å²) < 4.78 is 10.8. The minimum Gasteiger partial charge on any atom is -0.381 e. The maximum absolute atomic E-state index is 5.81. The van der Waals surface area contributed by atoms with Crippen LogP contribution in [0.5, 0.6) is 0 Å². The van der Waals surface area contributed by atoms with Gasteiger partial charge in [0.2, 0.25) is 5.95 Å². The van der Waals surface area contributed by atoms with Crippen molar-refractivity contribution in [3.8, 4) is 0 Å². The number of anilines is 2. The predicted molar refractivity (Wildman–Crippen MR) is 80.4 cm³/mol. The highest BCUT2D eigenvalue weighted by atomic mass is 16.5. The SMILES string of the molecule is Nc1nc(NCCN2CCOCC2)cc(C2CCOC2)n1. The minimum atomic E-state index is 0.327. The van der Waals surface area contributed by atoms with Crippen molar-refractivity contribution in [3.63, 3.8) is 0 Å². The van der Waals surface area contributed by atoms with Crippen molar-refractivity contribution in [1.82, 2.24) is 14.9 Å². The van der Waals surface area contributed by atoms with Gasteiger partial charge in [-0.15, -0.1) is 0 Å². The van der Waals surface area contributed by atoms with Crippen molar-refractivity contribution in [2.75, 3.05) is 63.7 Å². The van der Waals surface area contributed by atoms with Gasteiger partial charge in [0.25, 0.3) is 0 Å². The van der Waals surface area contributed by atoms with Gasteiger partial charge in [0.15, 0.2) is 0 Å². The molecule has 0 spiro atoms. The molecule has 1 aromatic heterocycles. The first kappa shape index (κ1) is 14.5. The average molecular weight is 293 g/mol. The molecular weight excluding hydrogens is 270 g/mol. The normalized spacial score (nSPS) is 23.3. The lowest BCUT2D eigenvalue weighted by Gasteiger charge is -2.26. The van der Waals surface area contributed by atoms with Crippen LogP contribution in [0, 0.1) is 0 Å². The second kappa shape index (κ2) is 7.02. The summed E-state index contributed by atoms with van der Waals surface area (Å²) in [5.74, 6) is 1.47. The summed E-state index contributed by atoms with van der Waals surface area (Å²) in [6, 6.07) is 2.00. The molecule has 1 aromatic rings. The van der Waals surface area contributed by atoms with Crippen molar-refractivity contribution >= 4 is 11.8 Å². The van der Waals surface area contributed by atoms with Gasteiger partial charge in [0.1, 0.15) is 5.82 Å². The Bertz CT molecular complexity index is 459. The molecule has 116 valence electrons. The van der Waals surface area contributed by atoms with Gasteiger partial charge in [-0.1, -0.05) is 0 Å². The van der Waals surface area contributed by atoms with Crippen molar-refractivity contribution in [2.45, 2.75) is 12.3 Å². The molecule has 21 heavy (non-hydrogen) atoms. The number of ether oxygens (including phenoxy) is 2. The quantitative estimate of drug-likeness (QED) is 0.808. The molecule has 7 nitrogen and oxygen atoms in total. The monoisotopic (exact) mass is 293 g/mol. The molecule has 1 unspecified atom stereocenters. The molecule has 0 radical (unpaired) electrons. The summed E-state index contributed by atoms with van der Waals surface area (Å²) in [4.78, 5) is 11.0. The minimum absolute atomic E-state index is 0.327. The van der Waals surface area contributed by atoms with E-state index >= 15 is 0 Å². The molecule has 0 amide bonds. The molecule has 0 saturated carbocycles. The van der Waals surface area contributed by atoms with E-state index in [0.29, 0.717) is 11.9 Å². The second-order valence-electron chi connectivity index (χ2n) is 5.48. The van der Waals surface area contributed by atoms with Crippen LogP contribution in [0.25, 0.3) is 0 Å². The van der Waals surface area contributed by atoms with Gasteiger partial charge in [-0.2, -0.15) is 4.98 Å². The summed E-state index contributed by atoms with van der Waals surface area (Å²) >= 11 is 0. The lowest BCUT2D eigenvalue weighted by atomic mass is 10.0. The first-order chi connectivity index (χ1) is 10.3. The molecule has 2 fully saturated rings. The molecule has 2 aliphatic rings. The Morgan fingerprint density at radius 2 is 2.10 bits per heavy atom. The van der Waals surface area contributed by atoms with Crippen molar-refractivity contribution in [3.05, 3.63) is 11.8 Å². The van der Waals surface area contributed by atoms with E-state index in [2.05, 4.69) is 20.2 Å². The van der Waals surface area contributed by atoms with Crippen LogP contribution in [0.4, 0.5) is 11.8 Å². The van der Waals surface area contributed by atoms with Crippen LogP contribution in [0.15, 0.2) is 6.07 Å². The first-order valence-electron chi connectivity index (χ1n) is 7.57. The molecule has 3 rings (SSSR count). The van der Waals surface area contributed by atoms with E-state index in [1.807, 2.05) is 6.07 Å². The van der Waals surface area contributed by atoms with Crippen LogP contribution in [0.1, 0.15) is 18.0 Å². The highest BCUT2D eigenvalue weighted by Gasteiger charge is 2.20. The number of hydrogen-bond donors (Lipinski definition) is 2. The molecule has 0 aliphatic carbocycles. The molecule has 2 aliphatic heterocycles. The first-order valence-corrected chi connectivity index (χ1v) is 7.57. The average Bonchev–Trinajstić information content (AvgIpc) is 3.02. The third-order valence-electron chi connectivity index (χ3n) is 3.95. The van der Waals surface area contributed by atoms with Gasteiger partial charge in [-0.25, -0.2) is 4.98 Å². The van der Waals surface area contributed by atoms with Gasteiger partial charge in [-0.3, -0.25) is 4.90 Å². The zero-order valence-electron chi connectivity index (χ0n) is 12.3. The zero-order chi connectivity index (χ0) is 14.5. The molecular formula is C14H23N5O2. The van der Waals surface area contributed by atoms with E-state index in [1.54, 1.807) is 0 Å². The Kier molecular flexibility index (Phi) is 4.84. The van der Waals surface area contributed by atoms with E-state index < -0.39 is 0 Å². The summed E-state index contributed by atoms with van der Waals surface area (Å²) in [6.07, 6.45) is 1.00. The van der Waals surface area contributed by atoms with E-state index in [-0.39, 0.29) is 0 Å². The van der Waals surface area contributed by atoms with Crippen LogP contribution in [0.2, 0.25) is 0 Å². The molecule has 1 atom stereocenters. The highest BCUT2D eigenvalue weighted by Crippen LogP contribution is 2.25. The Morgan fingerprint density at radius 1 is 1.24 bits per heavy atom. The molecule has 0 aromatic carbocycles. The van der Waals surface area contributed by atoms with Crippen LogP contribution in [-0.2, 0) is 9.47 Å². The second-order valence-corrected chi connectivity index (χ2v) is 5.48. The van der Waals surface area contributed by atoms with Crippen molar-refractivity contribution in [1.29, 1.82) is 0 Å². The number of aromatic nitrogens is 2. The van der Waals surface area contributed by atoms with Gasteiger partial charge in [0, 0.05) is 44.8 Å². The smallest absolute Gasteiger partial charge is 0.222 e. The maximum atomic E-state index is 5.81. The molecule has 7 heteroatoms. The fourth-order valence-corrected chi connectivity index (χ4v) is 2.72. The van der Waals surface area contributed by atoms with Crippen LogP contribution in [0.3, 0.4) is 0 Å². The van der Waals surface area contributed by atoms with Crippen molar-refractivity contribution < 1.29 is 9.47 Å². The van der Waals surface area contributed by atoms with Crippen molar-refractivity contribution in [2.24, 2.45) is 0 Å². The molecule has 3 N–H and O–H groups in total. The number of hydrogen-bond acceptors (Lipinski definition) is 7.